The Morgan fingerprint density at radius 1 is 1.39 bits per heavy atom. The zero-order valence-corrected chi connectivity index (χ0v) is 11.3. The van der Waals surface area contributed by atoms with Crippen LogP contribution in [0.2, 0.25) is 0 Å². The average molecular weight is 263 g/mol. The molecule has 0 bridgehead atoms. The first kappa shape index (κ1) is 13.0. The SMILES string of the molecule is CC(C)C(O)(Cn1[nH]cnc1=S)c1ccccc1. The van der Waals surface area contributed by atoms with Crippen molar-refractivity contribution < 1.29 is 5.11 Å². The van der Waals surface area contributed by atoms with Gasteiger partial charge in [0.15, 0.2) is 0 Å². The van der Waals surface area contributed by atoms with Gasteiger partial charge in [-0.15, -0.1) is 0 Å². The number of aromatic nitrogens is 3. The molecule has 1 heterocycles. The molecule has 0 aliphatic carbocycles. The van der Waals surface area contributed by atoms with Crippen LogP contribution in [0.3, 0.4) is 0 Å². The molecule has 2 aromatic rings. The zero-order chi connectivity index (χ0) is 13.2. The second-order valence-corrected chi connectivity index (χ2v) is 5.07. The molecule has 1 unspecified atom stereocenters. The average Bonchev–Trinajstić information content (AvgIpc) is 2.75. The molecular weight excluding hydrogens is 246 g/mol. The first-order valence-electron chi connectivity index (χ1n) is 5.92. The fraction of sp³-hybridized carbons (Fsp3) is 0.385. The van der Waals surface area contributed by atoms with Gasteiger partial charge >= 0.3 is 0 Å². The second kappa shape index (κ2) is 5.04. The summed E-state index contributed by atoms with van der Waals surface area (Å²) in [6, 6.07) is 9.65. The van der Waals surface area contributed by atoms with Crippen LogP contribution in [0.5, 0.6) is 0 Å². The number of hydrogen-bond acceptors (Lipinski definition) is 3. The lowest BCUT2D eigenvalue weighted by molar-refractivity contribution is -0.0298. The third kappa shape index (κ3) is 2.37. The van der Waals surface area contributed by atoms with E-state index in [2.05, 4.69) is 10.1 Å². The Bertz CT molecular complexity index is 561. The Kier molecular flexibility index (Phi) is 3.63. The van der Waals surface area contributed by atoms with Gasteiger partial charge < -0.3 is 5.11 Å². The van der Waals surface area contributed by atoms with E-state index in [1.54, 1.807) is 4.68 Å². The topological polar surface area (TPSA) is 53.8 Å². The molecule has 96 valence electrons. The molecule has 0 aliphatic heterocycles. The van der Waals surface area contributed by atoms with Gasteiger partial charge in [-0.1, -0.05) is 44.2 Å². The Hall–Kier alpha value is -1.46. The summed E-state index contributed by atoms with van der Waals surface area (Å²) < 4.78 is 2.13. The number of benzene rings is 1. The second-order valence-electron chi connectivity index (χ2n) is 4.70. The molecule has 0 amide bonds. The Morgan fingerprint density at radius 3 is 2.56 bits per heavy atom. The molecule has 0 saturated heterocycles. The van der Waals surface area contributed by atoms with Crippen molar-refractivity contribution in [2.45, 2.75) is 26.0 Å². The van der Waals surface area contributed by atoms with Gasteiger partial charge in [0, 0.05) is 0 Å². The number of H-pyrrole nitrogens is 1. The van der Waals surface area contributed by atoms with Crippen molar-refractivity contribution >= 4 is 12.2 Å². The maximum atomic E-state index is 10.9. The van der Waals surface area contributed by atoms with Gasteiger partial charge in [-0.25, -0.2) is 4.98 Å². The summed E-state index contributed by atoms with van der Waals surface area (Å²) in [4.78, 5) is 3.96. The van der Waals surface area contributed by atoms with Gasteiger partial charge in [-0.3, -0.25) is 9.78 Å². The maximum absolute atomic E-state index is 10.9. The maximum Gasteiger partial charge on any atom is 0.215 e. The van der Waals surface area contributed by atoms with Crippen LogP contribution in [0.4, 0.5) is 0 Å². The van der Waals surface area contributed by atoms with Crippen molar-refractivity contribution in [3.05, 3.63) is 47.0 Å². The van der Waals surface area contributed by atoms with Crippen molar-refractivity contribution in [1.82, 2.24) is 14.8 Å². The largest absolute Gasteiger partial charge is 0.383 e. The highest BCUT2D eigenvalue weighted by Gasteiger charge is 2.33. The van der Waals surface area contributed by atoms with Crippen LogP contribution in [-0.2, 0) is 12.1 Å². The summed E-state index contributed by atoms with van der Waals surface area (Å²) in [5.41, 5.74) is -0.0806. The highest BCUT2D eigenvalue weighted by molar-refractivity contribution is 7.71. The van der Waals surface area contributed by atoms with Crippen molar-refractivity contribution in [2.75, 3.05) is 0 Å². The highest BCUT2D eigenvalue weighted by Crippen LogP contribution is 2.31. The predicted octanol–water partition coefficient (Wildman–Crippen LogP) is 2.48. The number of aliphatic hydroxyl groups is 1. The van der Waals surface area contributed by atoms with Crippen LogP contribution < -0.4 is 0 Å². The standard InChI is InChI=1S/C13H17N3OS/c1-10(2)13(17,11-6-4-3-5-7-11)8-16-12(18)14-9-15-16/h3-7,9-10,17H,8H2,1-2H3,(H,14,15,18). The molecule has 1 aromatic carbocycles. The molecular formula is C13H17N3OS. The van der Waals surface area contributed by atoms with Crippen LogP contribution in [0, 0.1) is 10.7 Å². The summed E-state index contributed by atoms with van der Waals surface area (Å²) in [6.45, 7) is 4.35. The normalized spacial score (nSPS) is 14.7. The number of nitrogens with one attached hydrogen (secondary N) is 1. The molecule has 1 aromatic heterocycles. The van der Waals surface area contributed by atoms with E-state index in [-0.39, 0.29) is 5.92 Å². The third-order valence-corrected chi connectivity index (χ3v) is 3.57. The summed E-state index contributed by atoms with van der Waals surface area (Å²) in [5, 5.41) is 13.9. The molecule has 2 rings (SSSR count). The molecule has 0 radical (unpaired) electrons. The quantitative estimate of drug-likeness (QED) is 0.833. The van der Waals surface area contributed by atoms with Crippen LogP contribution in [0.25, 0.3) is 0 Å². The van der Waals surface area contributed by atoms with Gasteiger partial charge in [0.25, 0.3) is 0 Å². The summed E-state index contributed by atoms with van der Waals surface area (Å²) in [5.74, 6) is 0.0603. The predicted molar refractivity (Wildman–Crippen MR) is 72.6 cm³/mol. The van der Waals surface area contributed by atoms with Gasteiger partial charge in [-0.05, 0) is 23.7 Å². The first-order chi connectivity index (χ1) is 8.54. The fourth-order valence-electron chi connectivity index (χ4n) is 1.97. The van der Waals surface area contributed by atoms with E-state index in [0.29, 0.717) is 11.3 Å². The van der Waals surface area contributed by atoms with Crippen LogP contribution >= 0.6 is 12.2 Å². The van der Waals surface area contributed by atoms with Crippen LogP contribution in [-0.4, -0.2) is 19.9 Å². The molecule has 5 heteroatoms. The van der Waals surface area contributed by atoms with E-state index in [1.165, 1.54) is 6.33 Å². The lowest BCUT2D eigenvalue weighted by Crippen LogP contribution is -2.37. The highest BCUT2D eigenvalue weighted by atomic mass is 32.1. The van der Waals surface area contributed by atoms with Gasteiger partial charge in [0.05, 0.1) is 6.54 Å². The number of rotatable bonds is 4. The number of hydrogen-bond donors (Lipinski definition) is 2. The number of nitrogens with zero attached hydrogens (tertiary/aromatic N) is 2. The van der Waals surface area contributed by atoms with Gasteiger partial charge in [-0.2, -0.15) is 0 Å². The molecule has 0 aliphatic rings. The van der Waals surface area contributed by atoms with E-state index in [9.17, 15) is 5.11 Å². The summed E-state index contributed by atoms with van der Waals surface area (Å²) in [7, 11) is 0. The molecule has 1 atom stereocenters. The van der Waals surface area contributed by atoms with Crippen molar-refractivity contribution in [3.8, 4) is 0 Å². The van der Waals surface area contributed by atoms with Gasteiger partial charge in [0.2, 0.25) is 4.77 Å². The Morgan fingerprint density at radius 2 is 2.06 bits per heavy atom. The lowest BCUT2D eigenvalue weighted by Gasteiger charge is -2.32. The van der Waals surface area contributed by atoms with Crippen LogP contribution in [0.15, 0.2) is 36.7 Å². The van der Waals surface area contributed by atoms with E-state index in [1.807, 2.05) is 44.2 Å². The minimum atomic E-state index is -0.966. The third-order valence-electron chi connectivity index (χ3n) is 3.25. The van der Waals surface area contributed by atoms with Crippen molar-refractivity contribution in [3.63, 3.8) is 0 Å². The fourth-order valence-corrected chi connectivity index (χ4v) is 2.14. The first-order valence-corrected chi connectivity index (χ1v) is 6.33. The molecule has 18 heavy (non-hydrogen) atoms. The molecule has 2 N–H and O–H groups in total. The van der Waals surface area contributed by atoms with E-state index in [4.69, 9.17) is 12.2 Å². The van der Waals surface area contributed by atoms with E-state index in [0.717, 1.165) is 5.56 Å². The smallest absolute Gasteiger partial charge is 0.215 e. The van der Waals surface area contributed by atoms with E-state index >= 15 is 0 Å². The van der Waals surface area contributed by atoms with Gasteiger partial charge in [0.1, 0.15) is 11.9 Å². The van der Waals surface area contributed by atoms with Crippen molar-refractivity contribution in [2.24, 2.45) is 5.92 Å². The van der Waals surface area contributed by atoms with E-state index < -0.39 is 5.60 Å². The Balaban J connectivity index is 2.40. The molecule has 0 saturated carbocycles. The van der Waals surface area contributed by atoms with Crippen molar-refractivity contribution in [1.29, 1.82) is 0 Å². The number of aromatic amines is 1. The molecule has 0 spiro atoms. The minimum absolute atomic E-state index is 0.0603. The molecule has 0 fully saturated rings. The summed E-state index contributed by atoms with van der Waals surface area (Å²) in [6.07, 6.45) is 1.54. The molecule has 4 nitrogen and oxygen atoms in total. The zero-order valence-electron chi connectivity index (χ0n) is 10.5. The monoisotopic (exact) mass is 263 g/mol. The Labute approximate surface area is 111 Å². The lowest BCUT2D eigenvalue weighted by atomic mass is 9.83. The van der Waals surface area contributed by atoms with Crippen LogP contribution in [0.1, 0.15) is 19.4 Å². The minimum Gasteiger partial charge on any atom is -0.383 e. The summed E-state index contributed by atoms with van der Waals surface area (Å²) >= 11 is 5.10.